The Morgan fingerprint density at radius 3 is 2.43 bits per heavy atom. The van der Waals surface area contributed by atoms with Crippen molar-refractivity contribution in [3.63, 3.8) is 0 Å². The minimum absolute atomic E-state index is 0.0485. The summed E-state index contributed by atoms with van der Waals surface area (Å²) in [7, 11) is -2.03. The predicted octanol–water partition coefficient (Wildman–Crippen LogP) is 5.24. The van der Waals surface area contributed by atoms with Gasteiger partial charge >= 0.3 is 0 Å². The number of nitrogens with zero attached hydrogens (tertiary/aromatic N) is 3. The number of sulfonamides is 1. The molecule has 0 radical (unpaired) electrons. The maximum absolute atomic E-state index is 13.8. The second-order valence-corrected chi connectivity index (χ2v) is 13.5. The number of carbonyl (C=O) groups excluding carboxylic acids is 1. The van der Waals surface area contributed by atoms with Crippen LogP contribution < -0.4 is 14.2 Å². The van der Waals surface area contributed by atoms with E-state index >= 15 is 0 Å². The summed E-state index contributed by atoms with van der Waals surface area (Å²) in [5.74, 6) is 1.60. The van der Waals surface area contributed by atoms with E-state index in [9.17, 15) is 18.3 Å². The highest BCUT2D eigenvalue weighted by Gasteiger charge is 2.34. The number of aryl methyl sites for hydroxylation is 2. The third-order valence-electron chi connectivity index (χ3n) is 8.00. The lowest BCUT2D eigenvalue weighted by molar-refractivity contribution is 0.0341. The number of carbonyl (C=O) groups is 1. The smallest absolute Gasteiger partial charge is 0.267 e. The lowest BCUT2D eigenvalue weighted by Gasteiger charge is -2.38. The zero-order chi connectivity index (χ0) is 33.0. The van der Waals surface area contributed by atoms with Crippen LogP contribution in [-0.2, 0) is 16.6 Å². The molecule has 1 aliphatic rings. The molecular weight excluding hydrogens is 608 g/mol. The van der Waals surface area contributed by atoms with Crippen molar-refractivity contribution < 1.29 is 32.3 Å². The van der Waals surface area contributed by atoms with Gasteiger partial charge in [-0.3, -0.25) is 14.4 Å². The molecule has 0 spiro atoms. The minimum Gasteiger partial charge on any atom is -0.488 e. The summed E-state index contributed by atoms with van der Waals surface area (Å²) in [5, 5.41) is 13.7. The molecule has 1 amide bonds. The van der Waals surface area contributed by atoms with E-state index in [1.54, 1.807) is 30.9 Å². The Kier molecular flexibility index (Phi) is 10.00. The molecule has 2 heterocycles. The molecule has 244 valence electrons. The largest absolute Gasteiger partial charge is 0.488 e. The fraction of sp³-hybridized carbons (Fsp3) is 0.353. The maximum Gasteiger partial charge on any atom is 0.267 e. The van der Waals surface area contributed by atoms with Crippen molar-refractivity contribution in [2.45, 2.75) is 51.3 Å². The summed E-state index contributed by atoms with van der Waals surface area (Å²) >= 11 is 0. The fourth-order valence-corrected chi connectivity index (χ4v) is 6.92. The topological polar surface area (TPSA) is 134 Å². The normalized spacial score (nSPS) is 17.5. The van der Waals surface area contributed by atoms with Crippen LogP contribution in [-0.4, -0.2) is 73.3 Å². The van der Waals surface area contributed by atoms with Crippen LogP contribution in [0.4, 0.5) is 5.69 Å². The lowest BCUT2D eigenvalue weighted by Crippen LogP contribution is -2.49. The Morgan fingerprint density at radius 2 is 1.78 bits per heavy atom. The van der Waals surface area contributed by atoms with Crippen LogP contribution >= 0.6 is 0 Å². The highest BCUT2D eigenvalue weighted by molar-refractivity contribution is 7.92. The van der Waals surface area contributed by atoms with Gasteiger partial charge in [-0.05, 0) is 75.8 Å². The van der Waals surface area contributed by atoms with Crippen LogP contribution in [0.1, 0.15) is 41.2 Å². The average molecular weight is 649 g/mol. The number of aromatic nitrogens is 1. The monoisotopic (exact) mass is 648 g/mol. The van der Waals surface area contributed by atoms with Crippen LogP contribution in [0, 0.1) is 19.8 Å². The van der Waals surface area contributed by atoms with Crippen molar-refractivity contribution in [2.24, 2.45) is 5.92 Å². The highest BCUT2D eigenvalue weighted by Crippen LogP contribution is 2.32. The summed E-state index contributed by atoms with van der Waals surface area (Å²) in [6.45, 7) is 8.21. The van der Waals surface area contributed by atoms with Crippen LogP contribution in [0.3, 0.4) is 0 Å². The molecule has 0 bridgehead atoms. The number of amides is 1. The Balaban J connectivity index is 1.35. The van der Waals surface area contributed by atoms with E-state index in [1.165, 1.54) is 13.0 Å². The quantitative estimate of drug-likeness (QED) is 0.224. The number of hydrogen-bond donors (Lipinski definition) is 2. The van der Waals surface area contributed by atoms with E-state index in [0.29, 0.717) is 25.4 Å². The van der Waals surface area contributed by atoms with Gasteiger partial charge in [-0.15, -0.1) is 0 Å². The predicted molar refractivity (Wildman–Crippen MR) is 174 cm³/mol. The molecule has 4 aromatic rings. The van der Waals surface area contributed by atoms with Gasteiger partial charge in [0.05, 0.1) is 18.2 Å². The van der Waals surface area contributed by atoms with Gasteiger partial charge in [-0.1, -0.05) is 42.4 Å². The summed E-state index contributed by atoms with van der Waals surface area (Å²) in [5.41, 5.74) is 1.72. The van der Waals surface area contributed by atoms with E-state index in [0.717, 1.165) is 17.1 Å². The summed E-state index contributed by atoms with van der Waals surface area (Å²) in [6.07, 6.45) is -0.309. The first-order valence-corrected chi connectivity index (χ1v) is 16.6. The number of ether oxygens (including phenoxy) is 2. The number of rotatable bonds is 11. The number of nitrogens with one attached hydrogen (secondary N) is 1. The molecule has 0 unspecified atom stereocenters. The Hall–Kier alpha value is -4.39. The molecule has 2 N–H and O–H groups in total. The van der Waals surface area contributed by atoms with E-state index in [1.807, 2.05) is 68.6 Å². The zero-order valence-electron chi connectivity index (χ0n) is 26.6. The number of fused-ring (bicyclic) bond motifs is 1. The second-order valence-electron chi connectivity index (χ2n) is 11.8. The SMILES string of the molecule is Cc1noc(C)c1S(=O)(=O)Nc1ccc2c(c1)C(=O)N([C@@H](C)CO)C[C@@H](C)[C@H](CN(C)Cc1ccc(Oc3ccccc3)cc1)O2. The molecule has 0 saturated heterocycles. The summed E-state index contributed by atoms with van der Waals surface area (Å²) in [6, 6.07) is 21.7. The van der Waals surface area contributed by atoms with Gasteiger partial charge in [-0.25, -0.2) is 8.42 Å². The molecule has 3 atom stereocenters. The van der Waals surface area contributed by atoms with E-state index < -0.39 is 16.1 Å². The van der Waals surface area contributed by atoms with Crippen molar-refractivity contribution in [3.8, 4) is 17.2 Å². The molecule has 46 heavy (non-hydrogen) atoms. The third kappa shape index (κ3) is 7.52. The molecule has 0 fully saturated rings. The Bertz CT molecular complexity index is 1740. The van der Waals surface area contributed by atoms with Gasteiger partial charge in [0.1, 0.15) is 29.0 Å². The third-order valence-corrected chi connectivity index (χ3v) is 9.62. The zero-order valence-corrected chi connectivity index (χ0v) is 27.5. The number of aliphatic hydroxyl groups excluding tert-OH is 1. The summed E-state index contributed by atoms with van der Waals surface area (Å²) in [4.78, 5) is 17.5. The van der Waals surface area contributed by atoms with Crippen molar-refractivity contribution in [3.05, 3.63) is 95.4 Å². The second kappa shape index (κ2) is 13.9. The van der Waals surface area contributed by atoms with Gasteiger partial charge in [0.25, 0.3) is 15.9 Å². The molecule has 5 rings (SSSR count). The van der Waals surface area contributed by atoms with Crippen molar-refractivity contribution >= 4 is 21.6 Å². The summed E-state index contributed by atoms with van der Waals surface area (Å²) < 4.78 is 46.4. The van der Waals surface area contributed by atoms with Gasteiger partial charge < -0.3 is 24.0 Å². The number of anilines is 1. The number of hydrogen-bond acceptors (Lipinski definition) is 9. The molecule has 11 nitrogen and oxygen atoms in total. The molecule has 0 saturated carbocycles. The first kappa shape index (κ1) is 33.0. The van der Waals surface area contributed by atoms with Crippen molar-refractivity contribution in [1.82, 2.24) is 15.0 Å². The van der Waals surface area contributed by atoms with E-state index in [4.69, 9.17) is 14.0 Å². The lowest BCUT2D eigenvalue weighted by atomic mass is 9.99. The molecular formula is C34H40N4O7S. The van der Waals surface area contributed by atoms with Gasteiger partial charge in [-0.2, -0.15) is 0 Å². The van der Waals surface area contributed by atoms with Crippen LogP contribution in [0.5, 0.6) is 17.2 Å². The van der Waals surface area contributed by atoms with Gasteiger partial charge in [0, 0.05) is 31.2 Å². The average Bonchev–Trinajstić information content (AvgIpc) is 3.38. The van der Waals surface area contributed by atoms with E-state index in [2.05, 4.69) is 14.8 Å². The Morgan fingerprint density at radius 1 is 1.09 bits per heavy atom. The Labute approximate surface area is 269 Å². The molecule has 0 aliphatic carbocycles. The first-order valence-electron chi connectivity index (χ1n) is 15.1. The number of aliphatic hydroxyl groups is 1. The van der Waals surface area contributed by atoms with E-state index in [-0.39, 0.29) is 52.1 Å². The van der Waals surface area contributed by atoms with Crippen LogP contribution in [0.25, 0.3) is 0 Å². The molecule has 3 aromatic carbocycles. The minimum atomic E-state index is -4.04. The van der Waals surface area contributed by atoms with Gasteiger partial charge in [0.2, 0.25) is 0 Å². The number of likely N-dealkylation sites (N-methyl/N-ethyl adjacent to an activating group) is 1. The number of benzene rings is 3. The molecule has 1 aliphatic heterocycles. The molecule has 1 aromatic heterocycles. The van der Waals surface area contributed by atoms with Crippen molar-refractivity contribution in [2.75, 3.05) is 31.5 Å². The molecule has 12 heteroatoms. The van der Waals surface area contributed by atoms with Crippen LogP contribution in [0.2, 0.25) is 0 Å². The number of para-hydroxylation sites is 1. The maximum atomic E-state index is 13.8. The standard InChI is InChI=1S/C34H40N4O7S/c1-22-18-38(23(2)21-39)34(40)30-17-27(36-46(41,42)33-24(3)35-45-25(33)4)13-16-31(30)44-32(22)20-37(5)19-26-11-14-29(15-12-26)43-28-9-7-6-8-10-28/h6-17,22-23,32,36,39H,18-21H2,1-5H3/t22-,23+,32+/m1/s1. The fourth-order valence-electron chi connectivity index (χ4n) is 5.54. The highest BCUT2D eigenvalue weighted by atomic mass is 32.2. The van der Waals surface area contributed by atoms with Crippen LogP contribution in [0.15, 0.2) is 82.2 Å². The first-order chi connectivity index (χ1) is 21.9. The van der Waals surface area contributed by atoms with Crippen molar-refractivity contribution in [1.29, 1.82) is 0 Å². The van der Waals surface area contributed by atoms with Gasteiger partial charge in [0.15, 0.2) is 10.7 Å².